The maximum atomic E-state index is 10.2. The predicted molar refractivity (Wildman–Crippen MR) is 75.9 cm³/mol. The Kier molecular flexibility index (Phi) is 6.81. The van der Waals surface area contributed by atoms with Gasteiger partial charge >= 0.3 is 0 Å². The standard InChI is InChI=1S/C16H26O2/c1-4-7-12-18-15-10-8-14(9-11-15)16(17)13(5-2)6-3/h8-11,13,16-17H,4-7,12H2,1-3H3. The number of rotatable bonds is 8. The van der Waals surface area contributed by atoms with Crippen LogP contribution in [0.25, 0.3) is 0 Å². The number of unbranched alkanes of at least 4 members (excludes halogenated alkanes) is 1. The van der Waals surface area contributed by atoms with Crippen LogP contribution in [0.1, 0.15) is 58.1 Å². The van der Waals surface area contributed by atoms with Crippen molar-refractivity contribution in [2.24, 2.45) is 5.92 Å². The Labute approximate surface area is 111 Å². The first-order valence-corrected chi connectivity index (χ1v) is 7.13. The number of aliphatic hydroxyl groups is 1. The molecule has 0 aliphatic carbocycles. The second-order valence-corrected chi connectivity index (χ2v) is 4.79. The Hall–Kier alpha value is -1.02. The van der Waals surface area contributed by atoms with Crippen LogP contribution in [-0.2, 0) is 0 Å². The van der Waals surface area contributed by atoms with Gasteiger partial charge < -0.3 is 9.84 Å². The van der Waals surface area contributed by atoms with Gasteiger partial charge in [0.1, 0.15) is 5.75 Å². The highest BCUT2D eigenvalue weighted by atomic mass is 16.5. The summed E-state index contributed by atoms with van der Waals surface area (Å²) in [5.74, 6) is 1.24. The van der Waals surface area contributed by atoms with Crippen molar-refractivity contribution in [2.45, 2.75) is 52.6 Å². The molecule has 0 aromatic heterocycles. The molecule has 1 N–H and O–H groups in total. The van der Waals surface area contributed by atoms with Gasteiger partial charge in [-0.1, -0.05) is 52.2 Å². The highest BCUT2D eigenvalue weighted by Crippen LogP contribution is 2.28. The van der Waals surface area contributed by atoms with E-state index < -0.39 is 0 Å². The highest BCUT2D eigenvalue weighted by molar-refractivity contribution is 5.28. The molecule has 0 amide bonds. The van der Waals surface area contributed by atoms with Crippen LogP contribution < -0.4 is 4.74 Å². The van der Waals surface area contributed by atoms with Crippen LogP contribution in [0.5, 0.6) is 5.75 Å². The summed E-state index contributed by atoms with van der Waals surface area (Å²) in [6, 6.07) is 7.86. The molecule has 1 aromatic rings. The lowest BCUT2D eigenvalue weighted by atomic mass is 9.91. The summed E-state index contributed by atoms with van der Waals surface area (Å²) in [4.78, 5) is 0. The van der Waals surface area contributed by atoms with Crippen molar-refractivity contribution in [3.8, 4) is 5.75 Å². The fourth-order valence-corrected chi connectivity index (χ4v) is 2.10. The van der Waals surface area contributed by atoms with Crippen LogP contribution in [0.3, 0.4) is 0 Å². The Morgan fingerprint density at radius 3 is 2.17 bits per heavy atom. The Balaban J connectivity index is 2.58. The average Bonchev–Trinajstić information content (AvgIpc) is 2.41. The van der Waals surface area contributed by atoms with Gasteiger partial charge in [0.2, 0.25) is 0 Å². The molecule has 0 heterocycles. The van der Waals surface area contributed by atoms with E-state index >= 15 is 0 Å². The van der Waals surface area contributed by atoms with Crippen LogP contribution in [0, 0.1) is 5.92 Å². The first-order valence-electron chi connectivity index (χ1n) is 7.13. The molecule has 2 heteroatoms. The summed E-state index contributed by atoms with van der Waals surface area (Å²) in [6.45, 7) is 7.17. The van der Waals surface area contributed by atoms with Crippen molar-refractivity contribution in [3.05, 3.63) is 29.8 Å². The minimum absolute atomic E-state index is 0.344. The van der Waals surface area contributed by atoms with Gasteiger partial charge in [-0.25, -0.2) is 0 Å². The van der Waals surface area contributed by atoms with E-state index in [1.165, 1.54) is 0 Å². The number of ether oxygens (including phenoxy) is 1. The molecular weight excluding hydrogens is 224 g/mol. The van der Waals surface area contributed by atoms with Crippen LogP contribution in [0.2, 0.25) is 0 Å². The molecular formula is C16H26O2. The molecule has 0 spiro atoms. The third-order valence-corrected chi connectivity index (χ3v) is 3.48. The van der Waals surface area contributed by atoms with Gasteiger partial charge in [-0.3, -0.25) is 0 Å². The first-order chi connectivity index (χ1) is 8.72. The normalized spacial score (nSPS) is 12.7. The zero-order chi connectivity index (χ0) is 13.4. The molecule has 0 saturated carbocycles. The molecule has 0 radical (unpaired) electrons. The van der Waals surface area contributed by atoms with E-state index in [0.29, 0.717) is 5.92 Å². The van der Waals surface area contributed by atoms with Crippen molar-refractivity contribution in [3.63, 3.8) is 0 Å². The fourth-order valence-electron chi connectivity index (χ4n) is 2.10. The maximum absolute atomic E-state index is 10.2. The molecule has 0 aliphatic rings. The van der Waals surface area contributed by atoms with E-state index in [1.54, 1.807) is 0 Å². The lowest BCUT2D eigenvalue weighted by molar-refractivity contribution is 0.103. The van der Waals surface area contributed by atoms with Gasteiger partial charge in [0.05, 0.1) is 12.7 Å². The van der Waals surface area contributed by atoms with E-state index in [9.17, 15) is 5.11 Å². The zero-order valence-corrected chi connectivity index (χ0v) is 11.9. The molecule has 1 unspecified atom stereocenters. The molecule has 2 nitrogen and oxygen atoms in total. The number of hydrogen-bond acceptors (Lipinski definition) is 2. The molecule has 18 heavy (non-hydrogen) atoms. The Bertz CT molecular complexity index is 314. The number of benzene rings is 1. The SMILES string of the molecule is CCCCOc1ccc(C(O)C(CC)CC)cc1. The third-order valence-electron chi connectivity index (χ3n) is 3.48. The molecule has 0 fully saturated rings. The highest BCUT2D eigenvalue weighted by Gasteiger charge is 2.17. The summed E-state index contributed by atoms with van der Waals surface area (Å²) in [7, 11) is 0. The molecule has 0 saturated heterocycles. The number of hydrogen-bond donors (Lipinski definition) is 1. The quantitative estimate of drug-likeness (QED) is 0.696. The van der Waals surface area contributed by atoms with Crippen molar-refractivity contribution in [1.29, 1.82) is 0 Å². The van der Waals surface area contributed by atoms with Crippen molar-refractivity contribution in [1.82, 2.24) is 0 Å². The van der Waals surface area contributed by atoms with E-state index in [1.807, 2.05) is 24.3 Å². The van der Waals surface area contributed by atoms with Gasteiger partial charge in [-0.05, 0) is 30.0 Å². The summed E-state index contributed by atoms with van der Waals surface area (Å²) >= 11 is 0. The molecule has 0 aliphatic heterocycles. The number of aliphatic hydroxyl groups excluding tert-OH is 1. The van der Waals surface area contributed by atoms with Crippen molar-refractivity contribution >= 4 is 0 Å². The predicted octanol–water partition coefficient (Wildman–Crippen LogP) is 4.34. The van der Waals surface area contributed by atoms with Crippen molar-refractivity contribution in [2.75, 3.05) is 6.61 Å². The van der Waals surface area contributed by atoms with Gasteiger partial charge in [-0.2, -0.15) is 0 Å². The minimum Gasteiger partial charge on any atom is -0.494 e. The molecule has 0 bridgehead atoms. The third kappa shape index (κ3) is 4.34. The molecule has 1 rings (SSSR count). The Morgan fingerprint density at radius 2 is 1.67 bits per heavy atom. The molecule has 1 aromatic carbocycles. The van der Waals surface area contributed by atoms with Crippen LogP contribution in [-0.4, -0.2) is 11.7 Å². The second kappa shape index (κ2) is 8.15. The van der Waals surface area contributed by atoms with Crippen LogP contribution in [0.4, 0.5) is 0 Å². The zero-order valence-electron chi connectivity index (χ0n) is 11.9. The van der Waals surface area contributed by atoms with Gasteiger partial charge in [0.25, 0.3) is 0 Å². The second-order valence-electron chi connectivity index (χ2n) is 4.79. The summed E-state index contributed by atoms with van der Waals surface area (Å²) in [6.07, 6.45) is 3.88. The monoisotopic (exact) mass is 250 g/mol. The minimum atomic E-state index is -0.357. The van der Waals surface area contributed by atoms with E-state index in [4.69, 9.17) is 4.74 Å². The van der Waals surface area contributed by atoms with E-state index in [2.05, 4.69) is 20.8 Å². The summed E-state index contributed by atoms with van der Waals surface area (Å²) in [5, 5.41) is 10.2. The fraction of sp³-hybridized carbons (Fsp3) is 0.625. The lowest BCUT2D eigenvalue weighted by Gasteiger charge is -2.20. The van der Waals surface area contributed by atoms with E-state index in [0.717, 1.165) is 43.6 Å². The average molecular weight is 250 g/mol. The Morgan fingerprint density at radius 1 is 1.06 bits per heavy atom. The van der Waals surface area contributed by atoms with E-state index in [-0.39, 0.29) is 6.10 Å². The lowest BCUT2D eigenvalue weighted by Crippen LogP contribution is -2.10. The van der Waals surface area contributed by atoms with Crippen LogP contribution in [0.15, 0.2) is 24.3 Å². The van der Waals surface area contributed by atoms with Gasteiger partial charge in [0, 0.05) is 0 Å². The van der Waals surface area contributed by atoms with Gasteiger partial charge in [0.15, 0.2) is 0 Å². The molecule has 1 atom stereocenters. The smallest absolute Gasteiger partial charge is 0.119 e. The maximum Gasteiger partial charge on any atom is 0.119 e. The van der Waals surface area contributed by atoms with Gasteiger partial charge in [-0.15, -0.1) is 0 Å². The summed E-state index contributed by atoms with van der Waals surface area (Å²) < 4.78 is 5.61. The van der Waals surface area contributed by atoms with Crippen LogP contribution >= 0.6 is 0 Å². The summed E-state index contributed by atoms with van der Waals surface area (Å²) in [5.41, 5.74) is 0.992. The van der Waals surface area contributed by atoms with Crippen molar-refractivity contribution < 1.29 is 9.84 Å². The topological polar surface area (TPSA) is 29.5 Å². The first kappa shape index (κ1) is 15.0. The largest absolute Gasteiger partial charge is 0.494 e. The molecule has 102 valence electrons.